The molecule has 0 radical (unpaired) electrons. The molecular weight excluding hydrogens is 679 g/mol. The molecule has 0 saturated heterocycles. The number of fused-ring (bicyclic) bond motifs is 6. The van der Waals surface area contributed by atoms with Gasteiger partial charge in [0.05, 0.1) is 17.1 Å². The van der Waals surface area contributed by atoms with Crippen molar-refractivity contribution in [3.63, 3.8) is 0 Å². The minimum atomic E-state index is -0.219. The second-order valence-corrected chi connectivity index (χ2v) is 16.6. The highest BCUT2D eigenvalue weighted by atomic mass is 15.2. The van der Waals surface area contributed by atoms with Crippen LogP contribution in [0.15, 0.2) is 185 Å². The number of allylic oxidation sites excluding steroid dienone is 7. The Balaban J connectivity index is 1.19. The zero-order valence-corrected chi connectivity index (χ0v) is 33.4. The van der Waals surface area contributed by atoms with Crippen molar-refractivity contribution in [2.75, 3.05) is 16.3 Å². The Hall–Kier alpha value is -5.93. The third-order valence-corrected chi connectivity index (χ3v) is 12.3. The third-order valence-electron chi connectivity index (χ3n) is 12.3. The SMILES string of the molecule is CCCCN1/C(=C/C=C2\CCC(/C=C/C3=Nc4ccc5ccccc5c4C3(C)C)=C2N(c2ccccc2)c2ccccc2)C(C)(C)c2c1ccc1ccccc21. The van der Waals surface area contributed by atoms with Crippen molar-refractivity contribution in [1.82, 2.24) is 0 Å². The molecule has 3 heteroatoms. The van der Waals surface area contributed by atoms with Gasteiger partial charge in [0.2, 0.25) is 0 Å². The molecule has 3 aliphatic rings. The van der Waals surface area contributed by atoms with Gasteiger partial charge in [-0.2, -0.15) is 0 Å². The second-order valence-electron chi connectivity index (χ2n) is 16.6. The summed E-state index contributed by atoms with van der Waals surface area (Å²) in [6.07, 6.45) is 13.8. The molecule has 0 fully saturated rings. The predicted molar refractivity (Wildman–Crippen MR) is 240 cm³/mol. The lowest BCUT2D eigenvalue weighted by molar-refractivity contribution is 0.628. The standard InChI is InChI=1S/C53H51N3/c1-6-7-36-55-46-33-29-38-19-15-17-25-44(38)50(46)53(4,5)48(55)35-31-40-27-26-39(51(40)56(41-20-10-8-11-21-41)42-22-12-9-13-23-42)30-34-47-52(2,3)49-43-24-16-14-18-37(43)28-32-45(49)54-47/h8-25,28-35H,6-7,26-27,36H2,1-5H3/b34-30+,40-31+,48-35+. The Morgan fingerprint density at radius 1 is 0.625 bits per heavy atom. The Morgan fingerprint density at radius 3 is 1.89 bits per heavy atom. The number of hydrogen-bond acceptors (Lipinski definition) is 3. The van der Waals surface area contributed by atoms with Crippen LogP contribution in [-0.2, 0) is 10.8 Å². The molecule has 56 heavy (non-hydrogen) atoms. The fourth-order valence-corrected chi connectivity index (χ4v) is 9.49. The number of para-hydroxylation sites is 2. The smallest absolute Gasteiger partial charge is 0.0681 e. The summed E-state index contributed by atoms with van der Waals surface area (Å²) in [4.78, 5) is 10.3. The summed E-state index contributed by atoms with van der Waals surface area (Å²) in [6, 6.07) is 48.4. The van der Waals surface area contributed by atoms with E-state index in [2.05, 4.69) is 202 Å². The fourth-order valence-electron chi connectivity index (χ4n) is 9.49. The zero-order chi connectivity index (χ0) is 38.4. The summed E-state index contributed by atoms with van der Waals surface area (Å²) in [7, 11) is 0. The lowest BCUT2D eigenvalue weighted by atomic mass is 9.79. The normalized spacial score (nSPS) is 18.4. The number of unbranched alkanes of at least 4 members (excludes halogenated alkanes) is 1. The van der Waals surface area contributed by atoms with Crippen molar-refractivity contribution in [1.29, 1.82) is 0 Å². The molecule has 6 aromatic rings. The van der Waals surface area contributed by atoms with Crippen molar-refractivity contribution in [3.05, 3.63) is 191 Å². The van der Waals surface area contributed by atoms with E-state index in [-0.39, 0.29) is 10.8 Å². The van der Waals surface area contributed by atoms with Crippen LogP contribution >= 0.6 is 0 Å². The molecule has 0 saturated carbocycles. The van der Waals surface area contributed by atoms with Crippen LogP contribution in [0, 0.1) is 0 Å². The van der Waals surface area contributed by atoms with Gasteiger partial charge in [0.1, 0.15) is 0 Å². The Kier molecular flexibility index (Phi) is 9.12. The maximum Gasteiger partial charge on any atom is 0.0681 e. The van der Waals surface area contributed by atoms with Crippen LogP contribution in [0.5, 0.6) is 0 Å². The first-order valence-electron chi connectivity index (χ1n) is 20.4. The molecule has 0 N–H and O–H groups in total. The van der Waals surface area contributed by atoms with E-state index in [1.807, 2.05) is 0 Å². The predicted octanol–water partition coefficient (Wildman–Crippen LogP) is 14.2. The van der Waals surface area contributed by atoms with Crippen LogP contribution in [0.1, 0.15) is 71.4 Å². The molecule has 0 unspecified atom stereocenters. The van der Waals surface area contributed by atoms with Gasteiger partial charge in [-0.05, 0) is 112 Å². The summed E-state index contributed by atoms with van der Waals surface area (Å²) < 4.78 is 0. The zero-order valence-electron chi connectivity index (χ0n) is 33.4. The van der Waals surface area contributed by atoms with Crippen molar-refractivity contribution in [2.45, 2.75) is 71.1 Å². The van der Waals surface area contributed by atoms with Gasteiger partial charge in [0.15, 0.2) is 0 Å². The maximum absolute atomic E-state index is 5.26. The molecule has 6 aromatic carbocycles. The minimum absolute atomic E-state index is 0.157. The van der Waals surface area contributed by atoms with Gasteiger partial charge < -0.3 is 9.80 Å². The average molecular weight is 730 g/mol. The topological polar surface area (TPSA) is 18.8 Å². The highest BCUT2D eigenvalue weighted by Gasteiger charge is 2.41. The Morgan fingerprint density at radius 2 is 1.23 bits per heavy atom. The van der Waals surface area contributed by atoms with Crippen LogP contribution in [0.3, 0.4) is 0 Å². The number of hydrogen-bond donors (Lipinski definition) is 0. The first kappa shape index (κ1) is 35.8. The van der Waals surface area contributed by atoms with Crippen LogP contribution in [0.4, 0.5) is 22.7 Å². The van der Waals surface area contributed by atoms with Crippen LogP contribution in [0.2, 0.25) is 0 Å². The minimum Gasteiger partial charge on any atom is -0.344 e. The molecule has 0 spiro atoms. The van der Waals surface area contributed by atoms with Gasteiger partial charge >= 0.3 is 0 Å². The molecule has 2 heterocycles. The molecule has 0 bridgehead atoms. The van der Waals surface area contributed by atoms with Crippen LogP contribution in [-0.4, -0.2) is 12.3 Å². The summed E-state index contributed by atoms with van der Waals surface area (Å²) in [5.74, 6) is 0. The first-order chi connectivity index (χ1) is 27.3. The molecule has 3 nitrogen and oxygen atoms in total. The number of aliphatic imine (C=N–C) groups is 1. The monoisotopic (exact) mass is 729 g/mol. The van der Waals surface area contributed by atoms with E-state index < -0.39 is 0 Å². The first-order valence-corrected chi connectivity index (χ1v) is 20.4. The number of anilines is 3. The molecule has 0 aromatic heterocycles. The third kappa shape index (κ3) is 6.01. The van der Waals surface area contributed by atoms with Crippen molar-refractivity contribution >= 4 is 50.0 Å². The van der Waals surface area contributed by atoms with E-state index in [4.69, 9.17) is 4.99 Å². The second kappa shape index (κ2) is 14.3. The van der Waals surface area contributed by atoms with Gasteiger partial charge in [-0.1, -0.05) is 150 Å². The lowest BCUT2D eigenvalue weighted by Crippen LogP contribution is -2.27. The maximum atomic E-state index is 5.26. The van der Waals surface area contributed by atoms with Crippen LogP contribution in [0.25, 0.3) is 21.5 Å². The van der Waals surface area contributed by atoms with Gasteiger partial charge in [-0.25, -0.2) is 0 Å². The largest absolute Gasteiger partial charge is 0.344 e. The Labute approximate surface area is 332 Å². The van der Waals surface area contributed by atoms with E-state index in [0.29, 0.717) is 0 Å². The van der Waals surface area contributed by atoms with E-state index in [1.54, 1.807) is 0 Å². The summed E-state index contributed by atoms with van der Waals surface area (Å²) in [6.45, 7) is 12.8. The van der Waals surface area contributed by atoms with Crippen molar-refractivity contribution in [2.24, 2.45) is 4.99 Å². The number of benzene rings is 6. The van der Waals surface area contributed by atoms with Gasteiger partial charge in [0, 0.05) is 40.1 Å². The number of rotatable bonds is 9. The van der Waals surface area contributed by atoms with E-state index >= 15 is 0 Å². The molecular formula is C53H51N3. The van der Waals surface area contributed by atoms with Gasteiger partial charge in [-0.3, -0.25) is 4.99 Å². The van der Waals surface area contributed by atoms with Gasteiger partial charge in [0.25, 0.3) is 0 Å². The number of nitrogens with zero attached hydrogens (tertiary/aromatic N) is 3. The average Bonchev–Trinajstić information content (AvgIpc) is 3.81. The molecule has 0 amide bonds. The van der Waals surface area contributed by atoms with Crippen LogP contribution < -0.4 is 9.80 Å². The lowest BCUT2D eigenvalue weighted by Gasteiger charge is -2.29. The van der Waals surface area contributed by atoms with E-state index in [9.17, 15) is 0 Å². The summed E-state index contributed by atoms with van der Waals surface area (Å²) in [5, 5.41) is 5.22. The summed E-state index contributed by atoms with van der Waals surface area (Å²) >= 11 is 0. The Bertz CT molecular complexity index is 2580. The quantitative estimate of drug-likeness (QED) is 0.148. The molecule has 9 rings (SSSR count). The molecule has 2 aliphatic heterocycles. The van der Waals surface area contributed by atoms with Crippen molar-refractivity contribution < 1.29 is 0 Å². The molecule has 0 atom stereocenters. The van der Waals surface area contributed by atoms with E-state index in [1.165, 1.54) is 60.9 Å². The highest BCUT2D eigenvalue weighted by molar-refractivity contribution is 6.12. The fraction of sp³-hybridized carbons (Fsp3) is 0.226. The van der Waals surface area contributed by atoms with Crippen molar-refractivity contribution in [3.8, 4) is 0 Å². The van der Waals surface area contributed by atoms with E-state index in [0.717, 1.165) is 55.0 Å². The molecule has 278 valence electrons. The summed E-state index contributed by atoms with van der Waals surface area (Å²) in [5.41, 5.74) is 13.5. The highest BCUT2D eigenvalue weighted by Crippen LogP contribution is 2.51. The molecule has 1 aliphatic carbocycles. The van der Waals surface area contributed by atoms with Gasteiger partial charge in [-0.15, -0.1) is 0 Å².